The highest BCUT2D eigenvalue weighted by Gasteiger charge is 2.27. The summed E-state index contributed by atoms with van der Waals surface area (Å²) in [6, 6.07) is 9.91. The van der Waals surface area contributed by atoms with Crippen LogP contribution in [0.5, 0.6) is 0 Å². The number of alkyl halides is 3. The number of hydrogen-bond acceptors (Lipinski definition) is 4. The number of halogens is 3. The lowest BCUT2D eigenvalue weighted by Gasteiger charge is -2.09. The van der Waals surface area contributed by atoms with Gasteiger partial charge in [0.1, 0.15) is 6.61 Å². The molecule has 2 N–H and O–H groups in total. The lowest BCUT2D eigenvalue weighted by molar-refractivity contribution is -0.174. The molecule has 0 saturated heterocycles. The minimum absolute atomic E-state index is 0.206. The summed E-state index contributed by atoms with van der Waals surface area (Å²) in [5.41, 5.74) is 0.911. The molecule has 0 spiro atoms. The predicted octanol–water partition coefficient (Wildman–Crippen LogP) is 3.91. The summed E-state index contributed by atoms with van der Waals surface area (Å²) < 4.78 is 40.1. The molecule has 0 atom stereocenters. The maximum atomic E-state index is 12.0. The van der Waals surface area contributed by atoms with Crippen LogP contribution in [0.25, 0.3) is 0 Å². The fourth-order valence-corrected chi connectivity index (χ4v) is 2.47. The zero-order valence-corrected chi connectivity index (χ0v) is 13.7. The van der Waals surface area contributed by atoms with Crippen LogP contribution >= 0.6 is 11.3 Å². The molecule has 0 unspecified atom stereocenters. The number of amides is 2. The van der Waals surface area contributed by atoms with E-state index in [1.165, 1.54) is 11.3 Å². The first kappa shape index (κ1) is 18.9. The van der Waals surface area contributed by atoms with E-state index in [2.05, 4.69) is 15.4 Å². The summed E-state index contributed by atoms with van der Waals surface area (Å²) in [4.78, 5) is 24.2. The normalized spacial score (nSPS) is 11.2. The standard InChI is InChI=1S/C16H15F3N2O3S/c17-16(18,19)10-24-7-6-14(22)20-11-3-1-4-12(9-11)21-15(23)13-5-2-8-25-13/h1-5,8-9H,6-7,10H2,(H,20,22)(H,21,23). The van der Waals surface area contributed by atoms with Gasteiger partial charge in [0.05, 0.1) is 17.9 Å². The van der Waals surface area contributed by atoms with Gasteiger partial charge >= 0.3 is 6.18 Å². The fraction of sp³-hybridized carbons (Fsp3) is 0.250. The SMILES string of the molecule is O=C(CCOCC(F)(F)F)Nc1cccc(NC(=O)c2cccs2)c1. The Bertz CT molecular complexity index is 718. The Labute approximate surface area is 145 Å². The third-order valence-corrected chi connectivity index (χ3v) is 3.76. The van der Waals surface area contributed by atoms with E-state index in [-0.39, 0.29) is 18.9 Å². The van der Waals surface area contributed by atoms with E-state index in [0.717, 1.165) is 0 Å². The van der Waals surface area contributed by atoms with Gasteiger partial charge in [0, 0.05) is 11.4 Å². The highest BCUT2D eigenvalue weighted by Crippen LogP contribution is 2.18. The van der Waals surface area contributed by atoms with Gasteiger partial charge in [-0.1, -0.05) is 12.1 Å². The molecule has 9 heteroatoms. The maximum Gasteiger partial charge on any atom is 0.411 e. The van der Waals surface area contributed by atoms with E-state index in [1.54, 1.807) is 41.8 Å². The van der Waals surface area contributed by atoms with Crippen molar-refractivity contribution in [3.05, 3.63) is 46.7 Å². The molecule has 2 amide bonds. The first-order chi connectivity index (χ1) is 11.8. The Hall–Kier alpha value is -2.39. The second-order valence-corrected chi connectivity index (χ2v) is 5.93. The highest BCUT2D eigenvalue weighted by molar-refractivity contribution is 7.12. The second-order valence-electron chi connectivity index (χ2n) is 4.98. The van der Waals surface area contributed by atoms with Crippen molar-refractivity contribution in [3.8, 4) is 0 Å². The molecule has 25 heavy (non-hydrogen) atoms. The Kier molecular flexibility index (Phi) is 6.54. The lowest BCUT2D eigenvalue weighted by atomic mass is 10.2. The molecule has 2 aromatic rings. The number of rotatable bonds is 7. The number of anilines is 2. The van der Waals surface area contributed by atoms with Crippen LogP contribution in [-0.4, -0.2) is 31.2 Å². The van der Waals surface area contributed by atoms with Crippen LogP contribution in [0.1, 0.15) is 16.1 Å². The van der Waals surface area contributed by atoms with Gasteiger partial charge in [-0.25, -0.2) is 0 Å². The molecule has 0 aliphatic rings. The Morgan fingerprint density at radius 3 is 2.44 bits per heavy atom. The Balaban J connectivity index is 1.82. The topological polar surface area (TPSA) is 67.4 Å². The van der Waals surface area contributed by atoms with E-state index >= 15 is 0 Å². The number of carbonyl (C=O) groups excluding carboxylic acids is 2. The number of hydrogen-bond donors (Lipinski definition) is 2. The molecular weight excluding hydrogens is 357 g/mol. The molecule has 1 aromatic carbocycles. The van der Waals surface area contributed by atoms with Crippen molar-refractivity contribution in [1.82, 2.24) is 0 Å². The molecule has 134 valence electrons. The molecule has 0 fully saturated rings. The Morgan fingerprint density at radius 1 is 1.08 bits per heavy atom. The summed E-state index contributed by atoms with van der Waals surface area (Å²) >= 11 is 1.30. The molecule has 0 bridgehead atoms. The van der Waals surface area contributed by atoms with Crippen molar-refractivity contribution in [3.63, 3.8) is 0 Å². The third-order valence-electron chi connectivity index (χ3n) is 2.89. The van der Waals surface area contributed by atoms with Crippen molar-refractivity contribution in [2.24, 2.45) is 0 Å². The zero-order valence-electron chi connectivity index (χ0n) is 12.9. The number of nitrogens with one attached hydrogen (secondary N) is 2. The van der Waals surface area contributed by atoms with Gasteiger partial charge in [0.2, 0.25) is 5.91 Å². The summed E-state index contributed by atoms with van der Waals surface area (Å²) in [7, 11) is 0. The van der Waals surface area contributed by atoms with Gasteiger partial charge < -0.3 is 15.4 Å². The van der Waals surface area contributed by atoms with Crippen molar-refractivity contribution < 1.29 is 27.5 Å². The summed E-state index contributed by atoms with van der Waals surface area (Å²) in [6.45, 7) is -1.72. The van der Waals surface area contributed by atoms with E-state index in [1.807, 2.05) is 0 Å². The van der Waals surface area contributed by atoms with Gasteiger partial charge in [-0.15, -0.1) is 11.3 Å². The van der Waals surface area contributed by atoms with Crippen LogP contribution in [0, 0.1) is 0 Å². The smallest absolute Gasteiger partial charge is 0.372 e. The minimum atomic E-state index is -4.41. The zero-order chi connectivity index (χ0) is 18.3. The van der Waals surface area contributed by atoms with Crippen molar-refractivity contribution in [1.29, 1.82) is 0 Å². The van der Waals surface area contributed by atoms with Crippen LogP contribution in [0.15, 0.2) is 41.8 Å². The number of benzene rings is 1. The fourth-order valence-electron chi connectivity index (χ4n) is 1.85. The first-order valence-corrected chi connectivity index (χ1v) is 8.11. The van der Waals surface area contributed by atoms with Crippen LogP contribution in [0.4, 0.5) is 24.5 Å². The van der Waals surface area contributed by atoms with Crippen LogP contribution in [0.2, 0.25) is 0 Å². The van der Waals surface area contributed by atoms with Crippen molar-refractivity contribution in [2.45, 2.75) is 12.6 Å². The molecule has 0 saturated carbocycles. The van der Waals surface area contributed by atoms with Gasteiger partial charge in [-0.3, -0.25) is 9.59 Å². The van der Waals surface area contributed by atoms with E-state index in [0.29, 0.717) is 16.3 Å². The van der Waals surface area contributed by atoms with Crippen molar-refractivity contribution >= 4 is 34.5 Å². The molecule has 0 aliphatic carbocycles. The molecule has 1 aromatic heterocycles. The molecule has 0 radical (unpaired) electrons. The largest absolute Gasteiger partial charge is 0.411 e. The van der Waals surface area contributed by atoms with Crippen molar-refractivity contribution in [2.75, 3.05) is 23.8 Å². The summed E-state index contributed by atoms with van der Waals surface area (Å²) in [5.74, 6) is -0.747. The maximum absolute atomic E-state index is 12.0. The third kappa shape index (κ3) is 6.94. The molecule has 2 rings (SSSR count). The quantitative estimate of drug-likeness (QED) is 0.724. The van der Waals surface area contributed by atoms with E-state index in [4.69, 9.17) is 0 Å². The van der Waals surface area contributed by atoms with E-state index in [9.17, 15) is 22.8 Å². The number of thiophene rings is 1. The summed E-state index contributed by atoms with van der Waals surface area (Å²) in [5, 5.41) is 7.02. The average Bonchev–Trinajstić information content (AvgIpc) is 3.05. The number of carbonyl (C=O) groups is 2. The van der Waals surface area contributed by atoms with Crippen LogP contribution in [-0.2, 0) is 9.53 Å². The van der Waals surface area contributed by atoms with Crippen LogP contribution < -0.4 is 10.6 Å². The van der Waals surface area contributed by atoms with Gasteiger partial charge in [0.15, 0.2) is 0 Å². The lowest BCUT2D eigenvalue weighted by Crippen LogP contribution is -2.20. The highest BCUT2D eigenvalue weighted by atomic mass is 32.1. The monoisotopic (exact) mass is 372 g/mol. The van der Waals surface area contributed by atoms with Gasteiger partial charge in [-0.05, 0) is 29.6 Å². The molecule has 1 heterocycles. The average molecular weight is 372 g/mol. The number of ether oxygens (including phenoxy) is 1. The molecule has 0 aliphatic heterocycles. The van der Waals surface area contributed by atoms with E-state index < -0.39 is 18.7 Å². The first-order valence-electron chi connectivity index (χ1n) is 7.23. The van der Waals surface area contributed by atoms with Gasteiger partial charge in [-0.2, -0.15) is 13.2 Å². The second kappa shape index (κ2) is 8.63. The predicted molar refractivity (Wildman–Crippen MR) is 88.8 cm³/mol. The Morgan fingerprint density at radius 2 is 1.80 bits per heavy atom. The summed E-state index contributed by atoms with van der Waals surface area (Å²) in [6.07, 6.45) is -4.62. The van der Waals surface area contributed by atoms with Gasteiger partial charge in [0.25, 0.3) is 5.91 Å². The minimum Gasteiger partial charge on any atom is -0.372 e. The molecule has 5 nitrogen and oxygen atoms in total. The van der Waals surface area contributed by atoms with Crippen LogP contribution in [0.3, 0.4) is 0 Å². The molecular formula is C16H15F3N2O3S.